The van der Waals surface area contributed by atoms with Gasteiger partial charge in [-0.2, -0.15) is 0 Å². The summed E-state index contributed by atoms with van der Waals surface area (Å²) in [5, 5.41) is 0. The van der Waals surface area contributed by atoms with Crippen molar-refractivity contribution in [3.05, 3.63) is 35.6 Å². The van der Waals surface area contributed by atoms with Crippen LogP contribution in [0, 0.1) is 5.82 Å². The number of rotatable bonds is 2. The van der Waals surface area contributed by atoms with Gasteiger partial charge in [0.1, 0.15) is 5.82 Å². The zero-order valence-electron chi connectivity index (χ0n) is 7.05. The van der Waals surface area contributed by atoms with Crippen molar-refractivity contribution < 1.29 is 4.39 Å². The van der Waals surface area contributed by atoms with Crippen LogP contribution in [0.2, 0.25) is 0 Å². The molecule has 0 heterocycles. The van der Waals surface area contributed by atoms with Crippen molar-refractivity contribution in [2.75, 3.05) is 6.54 Å². The van der Waals surface area contributed by atoms with E-state index in [1.807, 2.05) is 0 Å². The molecule has 0 spiro atoms. The highest BCUT2D eigenvalue weighted by molar-refractivity contribution is 5.25. The van der Waals surface area contributed by atoms with Crippen LogP contribution in [-0.4, -0.2) is 6.54 Å². The summed E-state index contributed by atoms with van der Waals surface area (Å²) in [4.78, 5) is 0. The molecule has 66 valence electrons. The van der Waals surface area contributed by atoms with Crippen LogP contribution in [0.4, 0.5) is 4.39 Å². The Morgan fingerprint density at radius 2 is 2.00 bits per heavy atom. The second kappa shape index (κ2) is 3.21. The van der Waals surface area contributed by atoms with Crippen molar-refractivity contribution >= 4 is 0 Å². The van der Waals surface area contributed by atoms with Gasteiger partial charge in [-0.3, -0.25) is 0 Å². The summed E-state index contributed by atoms with van der Waals surface area (Å²) >= 11 is 0. The lowest BCUT2D eigenvalue weighted by Crippen LogP contribution is -2.41. The van der Waals surface area contributed by atoms with Crippen LogP contribution in [-0.2, 0) is 5.54 Å². The highest BCUT2D eigenvalue weighted by Crippen LogP contribution is 2.18. The summed E-state index contributed by atoms with van der Waals surface area (Å²) in [5.41, 5.74) is 10.9. The summed E-state index contributed by atoms with van der Waals surface area (Å²) in [7, 11) is 0. The first-order valence-corrected chi connectivity index (χ1v) is 3.82. The highest BCUT2D eigenvalue weighted by Gasteiger charge is 2.21. The molecule has 0 radical (unpaired) electrons. The molecule has 0 aliphatic rings. The normalized spacial score (nSPS) is 15.7. The first-order valence-electron chi connectivity index (χ1n) is 3.82. The van der Waals surface area contributed by atoms with E-state index < -0.39 is 5.54 Å². The molecule has 2 nitrogen and oxygen atoms in total. The summed E-state index contributed by atoms with van der Waals surface area (Å²) in [6, 6.07) is 6.42. The van der Waals surface area contributed by atoms with Crippen molar-refractivity contribution in [1.82, 2.24) is 0 Å². The van der Waals surface area contributed by atoms with Gasteiger partial charge in [0.2, 0.25) is 0 Å². The first kappa shape index (κ1) is 9.16. The Balaban J connectivity index is 3.10. The molecule has 0 aliphatic heterocycles. The van der Waals surface area contributed by atoms with Crippen molar-refractivity contribution in [1.29, 1.82) is 0 Å². The number of hydrogen-bond acceptors (Lipinski definition) is 2. The Hall–Kier alpha value is -0.930. The van der Waals surface area contributed by atoms with E-state index >= 15 is 0 Å². The van der Waals surface area contributed by atoms with Crippen LogP contribution >= 0.6 is 0 Å². The Morgan fingerprint density at radius 1 is 1.42 bits per heavy atom. The molecule has 12 heavy (non-hydrogen) atoms. The average molecular weight is 168 g/mol. The molecule has 1 atom stereocenters. The molecule has 1 unspecified atom stereocenters. The Labute approximate surface area is 71.4 Å². The molecule has 3 heteroatoms. The minimum atomic E-state index is -0.772. The maximum atomic E-state index is 13.1. The molecule has 1 aromatic rings. The lowest BCUT2D eigenvalue weighted by Gasteiger charge is -2.23. The smallest absolute Gasteiger partial charge is 0.128 e. The van der Waals surface area contributed by atoms with Crippen LogP contribution in [0.5, 0.6) is 0 Å². The SMILES string of the molecule is CC(N)(CN)c1ccccc1F. The number of nitrogens with two attached hydrogens (primary N) is 2. The van der Waals surface area contributed by atoms with Crippen LogP contribution in [0.15, 0.2) is 24.3 Å². The molecule has 0 saturated carbocycles. The van der Waals surface area contributed by atoms with Crippen LogP contribution < -0.4 is 11.5 Å². The van der Waals surface area contributed by atoms with Gasteiger partial charge >= 0.3 is 0 Å². The van der Waals surface area contributed by atoms with E-state index in [1.54, 1.807) is 25.1 Å². The molecule has 0 bridgehead atoms. The first-order chi connectivity index (χ1) is 5.58. The minimum absolute atomic E-state index is 0.230. The molecule has 1 aromatic carbocycles. The summed E-state index contributed by atoms with van der Waals surface area (Å²) in [5.74, 6) is -0.298. The largest absolute Gasteiger partial charge is 0.328 e. The van der Waals surface area contributed by atoms with Crippen molar-refractivity contribution in [2.45, 2.75) is 12.5 Å². The summed E-state index contributed by atoms with van der Waals surface area (Å²) in [6.45, 7) is 1.94. The van der Waals surface area contributed by atoms with Crippen LogP contribution in [0.1, 0.15) is 12.5 Å². The quantitative estimate of drug-likeness (QED) is 0.691. The van der Waals surface area contributed by atoms with Gasteiger partial charge in [0.05, 0.1) is 5.54 Å². The van der Waals surface area contributed by atoms with Crippen LogP contribution in [0.25, 0.3) is 0 Å². The molecule has 1 rings (SSSR count). The lowest BCUT2D eigenvalue weighted by atomic mass is 9.93. The van der Waals surface area contributed by atoms with Crippen LogP contribution in [0.3, 0.4) is 0 Å². The third-order valence-corrected chi connectivity index (χ3v) is 1.91. The van der Waals surface area contributed by atoms with Gasteiger partial charge in [-0.25, -0.2) is 4.39 Å². The zero-order valence-corrected chi connectivity index (χ0v) is 7.05. The maximum Gasteiger partial charge on any atom is 0.128 e. The number of benzene rings is 1. The fraction of sp³-hybridized carbons (Fsp3) is 0.333. The van der Waals surface area contributed by atoms with Gasteiger partial charge in [-0.1, -0.05) is 18.2 Å². The number of halogens is 1. The summed E-state index contributed by atoms with van der Waals surface area (Å²) < 4.78 is 13.1. The molecule has 0 fully saturated rings. The molecule has 0 saturated heterocycles. The average Bonchev–Trinajstić information content (AvgIpc) is 2.05. The van der Waals surface area contributed by atoms with Gasteiger partial charge < -0.3 is 11.5 Å². The van der Waals surface area contributed by atoms with Crippen molar-refractivity contribution in [3.63, 3.8) is 0 Å². The van der Waals surface area contributed by atoms with E-state index in [4.69, 9.17) is 11.5 Å². The standard InChI is InChI=1S/C9H13FN2/c1-9(12,6-11)7-4-2-3-5-8(7)10/h2-5H,6,11-12H2,1H3. The zero-order chi connectivity index (χ0) is 9.19. The fourth-order valence-electron chi connectivity index (χ4n) is 1.03. The predicted molar refractivity (Wildman–Crippen MR) is 47.0 cm³/mol. The van der Waals surface area contributed by atoms with E-state index in [1.165, 1.54) is 6.07 Å². The molecule has 0 aliphatic carbocycles. The van der Waals surface area contributed by atoms with E-state index in [0.29, 0.717) is 5.56 Å². The third kappa shape index (κ3) is 1.62. The van der Waals surface area contributed by atoms with Gasteiger partial charge in [-0.15, -0.1) is 0 Å². The van der Waals surface area contributed by atoms with Crippen molar-refractivity contribution in [3.8, 4) is 0 Å². The predicted octanol–water partition coefficient (Wildman–Crippen LogP) is 0.958. The van der Waals surface area contributed by atoms with Crippen molar-refractivity contribution in [2.24, 2.45) is 11.5 Å². The number of hydrogen-bond donors (Lipinski definition) is 2. The van der Waals surface area contributed by atoms with Gasteiger partial charge in [0.15, 0.2) is 0 Å². The van der Waals surface area contributed by atoms with E-state index in [-0.39, 0.29) is 12.4 Å². The van der Waals surface area contributed by atoms with E-state index in [0.717, 1.165) is 0 Å². The lowest BCUT2D eigenvalue weighted by molar-refractivity contribution is 0.470. The van der Waals surface area contributed by atoms with E-state index in [9.17, 15) is 4.39 Å². The second-order valence-corrected chi connectivity index (χ2v) is 3.10. The fourth-order valence-corrected chi connectivity index (χ4v) is 1.03. The third-order valence-electron chi connectivity index (χ3n) is 1.91. The Kier molecular flexibility index (Phi) is 2.45. The molecule has 0 aromatic heterocycles. The molecule has 0 amide bonds. The molecular weight excluding hydrogens is 155 g/mol. The van der Waals surface area contributed by atoms with Gasteiger partial charge in [0.25, 0.3) is 0 Å². The van der Waals surface area contributed by atoms with Gasteiger partial charge in [0, 0.05) is 12.1 Å². The van der Waals surface area contributed by atoms with Gasteiger partial charge in [-0.05, 0) is 13.0 Å². The van der Waals surface area contributed by atoms with E-state index in [2.05, 4.69) is 0 Å². The molecule has 4 N–H and O–H groups in total. The summed E-state index contributed by atoms with van der Waals surface area (Å²) in [6.07, 6.45) is 0. The maximum absolute atomic E-state index is 13.1. The highest BCUT2D eigenvalue weighted by atomic mass is 19.1. The second-order valence-electron chi connectivity index (χ2n) is 3.10. The Bertz CT molecular complexity index is 271. The molecular formula is C9H13FN2. The monoisotopic (exact) mass is 168 g/mol. The topological polar surface area (TPSA) is 52.0 Å². The Morgan fingerprint density at radius 3 is 2.50 bits per heavy atom. The minimum Gasteiger partial charge on any atom is -0.328 e.